The van der Waals surface area contributed by atoms with Crippen LogP contribution in [0.15, 0.2) is 67.3 Å². The highest BCUT2D eigenvalue weighted by atomic mass is 16.1. The molecule has 0 aliphatic rings. The Hall–Kier alpha value is -4.00. The van der Waals surface area contributed by atoms with E-state index >= 15 is 0 Å². The van der Waals surface area contributed by atoms with Crippen molar-refractivity contribution in [2.75, 3.05) is 5.32 Å². The summed E-state index contributed by atoms with van der Waals surface area (Å²) in [5, 5.41) is 8.87. The van der Waals surface area contributed by atoms with Gasteiger partial charge in [-0.3, -0.25) is 14.8 Å². The maximum absolute atomic E-state index is 12.6. The molecule has 0 saturated carbocycles. The third-order valence-corrected chi connectivity index (χ3v) is 4.66. The number of fused-ring (bicyclic) bond motifs is 2. The minimum Gasteiger partial charge on any atom is -0.361 e. The van der Waals surface area contributed by atoms with Gasteiger partial charge in [-0.2, -0.15) is 5.10 Å². The van der Waals surface area contributed by atoms with Crippen molar-refractivity contribution in [1.82, 2.24) is 24.7 Å². The van der Waals surface area contributed by atoms with E-state index in [0.717, 1.165) is 32.9 Å². The summed E-state index contributed by atoms with van der Waals surface area (Å²) < 4.78 is 1.76. The van der Waals surface area contributed by atoms with Crippen LogP contribution < -0.4 is 5.32 Å². The highest BCUT2D eigenvalue weighted by molar-refractivity contribution is 6.05. The molecule has 28 heavy (non-hydrogen) atoms. The van der Waals surface area contributed by atoms with E-state index in [-0.39, 0.29) is 11.9 Å². The van der Waals surface area contributed by atoms with Crippen LogP contribution in [-0.4, -0.2) is 30.6 Å². The van der Waals surface area contributed by atoms with Crippen LogP contribution in [0.1, 0.15) is 10.4 Å². The number of aryl methyl sites for hydroxylation is 1. The monoisotopic (exact) mass is 368 g/mol. The number of hydrogen-bond donors (Lipinski definition) is 2. The van der Waals surface area contributed by atoms with Crippen LogP contribution in [0.3, 0.4) is 0 Å². The highest BCUT2D eigenvalue weighted by Gasteiger charge is 2.10. The van der Waals surface area contributed by atoms with Gasteiger partial charge in [0.1, 0.15) is 0 Å². The van der Waals surface area contributed by atoms with Gasteiger partial charge >= 0.3 is 0 Å². The molecule has 3 heterocycles. The molecule has 0 aliphatic carbocycles. The molecule has 136 valence electrons. The van der Waals surface area contributed by atoms with E-state index in [4.69, 9.17) is 0 Å². The molecule has 5 aromatic rings. The van der Waals surface area contributed by atoms with Crippen molar-refractivity contribution in [1.29, 1.82) is 0 Å². The van der Waals surface area contributed by atoms with Gasteiger partial charge in [0.2, 0.25) is 5.95 Å². The third-order valence-electron chi connectivity index (χ3n) is 4.66. The number of benzene rings is 2. The van der Waals surface area contributed by atoms with Crippen molar-refractivity contribution in [2.45, 2.75) is 0 Å². The standard InChI is InChI=1S/C21H16N6O/c1-27-12-17(11-24-27)13-2-3-16-10-23-21(25-19(16)9-13)26-20(28)15-4-5-18-14(8-15)6-7-22-18/h2-12,22H,1H3,(H,23,25,26,28). The highest BCUT2D eigenvalue weighted by Crippen LogP contribution is 2.23. The topological polar surface area (TPSA) is 88.5 Å². The zero-order chi connectivity index (χ0) is 19.1. The molecule has 2 aromatic carbocycles. The van der Waals surface area contributed by atoms with E-state index in [1.165, 1.54) is 0 Å². The van der Waals surface area contributed by atoms with Crippen LogP contribution in [-0.2, 0) is 7.05 Å². The van der Waals surface area contributed by atoms with Gasteiger partial charge in [0.15, 0.2) is 0 Å². The van der Waals surface area contributed by atoms with Crippen LogP contribution in [0, 0.1) is 0 Å². The van der Waals surface area contributed by atoms with Gasteiger partial charge in [0.05, 0.1) is 11.7 Å². The molecule has 5 rings (SSSR count). The first-order valence-electron chi connectivity index (χ1n) is 8.80. The van der Waals surface area contributed by atoms with Gasteiger partial charge in [-0.05, 0) is 35.9 Å². The minimum atomic E-state index is -0.245. The Labute approximate surface area is 160 Å². The lowest BCUT2D eigenvalue weighted by Crippen LogP contribution is -2.14. The second kappa shape index (κ2) is 6.31. The summed E-state index contributed by atoms with van der Waals surface area (Å²) in [6.07, 6.45) is 7.31. The van der Waals surface area contributed by atoms with Crippen molar-refractivity contribution in [3.05, 3.63) is 72.8 Å². The molecule has 1 amide bonds. The number of nitrogens with zero attached hydrogens (tertiary/aromatic N) is 4. The van der Waals surface area contributed by atoms with Crippen molar-refractivity contribution < 1.29 is 4.79 Å². The van der Waals surface area contributed by atoms with E-state index in [1.54, 1.807) is 16.9 Å². The summed E-state index contributed by atoms with van der Waals surface area (Å²) in [7, 11) is 1.88. The summed E-state index contributed by atoms with van der Waals surface area (Å²) in [6.45, 7) is 0. The van der Waals surface area contributed by atoms with Gasteiger partial charge < -0.3 is 4.98 Å². The van der Waals surface area contributed by atoms with E-state index in [0.29, 0.717) is 5.56 Å². The number of amides is 1. The molecule has 0 atom stereocenters. The number of hydrogen-bond acceptors (Lipinski definition) is 4. The molecule has 0 bridgehead atoms. The van der Waals surface area contributed by atoms with Crippen LogP contribution in [0.25, 0.3) is 32.9 Å². The Morgan fingerprint density at radius 1 is 1.04 bits per heavy atom. The number of carbonyl (C=O) groups excluding carboxylic acids is 1. The zero-order valence-corrected chi connectivity index (χ0v) is 15.0. The fourth-order valence-electron chi connectivity index (χ4n) is 3.20. The Balaban J connectivity index is 1.45. The van der Waals surface area contributed by atoms with Gasteiger partial charge in [-0.15, -0.1) is 0 Å². The minimum absolute atomic E-state index is 0.245. The Kier molecular flexibility index (Phi) is 3.65. The van der Waals surface area contributed by atoms with Gasteiger partial charge in [0, 0.05) is 53.1 Å². The molecule has 0 unspecified atom stereocenters. The Bertz CT molecular complexity index is 1330. The van der Waals surface area contributed by atoms with Crippen molar-refractivity contribution in [3.8, 4) is 11.1 Å². The SMILES string of the molecule is Cn1cc(-c2ccc3cnc(NC(=O)c4ccc5[nH]ccc5c4)nc3c2)cn1. The summed E-state index contributed by atoms with van der Waals surface area (Å²) in [5.74, 6) is 0.0286. The lowest BCUT2D eigenvalue weighted by Gasteiger charge is -2.06. The Morgan fingerprint density at radius 2 is 1.96 bits per heavy atom. The molecule has 7 heteroatoms. The van der Waals surface area contributed by atoms with Gasteiger partial charge in [-0.25, -0.2) is 9.97 Å². The molecule has 2 N–H and O–H groups in total. The smallest absolute Gasteiger partial charge is 0.258 e. The van der Waals surface area contributed by atoms with Crippen LogP contribution >= 0.6 is 0 Å². The van der Waals surface area contributed by atoms with Crippen molar-refractivity contribution >= 4 is 33.7 Å². The molecule has 0 saturated heterocycles. The van der Waals surface area contributed by atoms with Crippen LogP contribution in [0.5, 0.6) is 0 Å². The molecule has 0 aliphatic heterocycles. The molecule has 3 aromatic heterocycles. The van der Waals surface area contributed by atoms with Crippen LogP contribution in [0.2, 0.25) is 0 Å². The van der Waals surface area contributed by atoms with Gasteiger partial charge in [0.25, 0.3) is 5.91 Å². The Morgan fingerprint density at radius 3 is 2.82 bits per heavy atom. The molecular formula is C21H16N6O. The quantitative estimate of drug-likeness (QED) is 0.507. The average Bonchev–Trinajstić information content (AvgIpc) is 3.35. The van der Waals surface area contributed by atoms with Gasteiger partial charge in [-0.1, -0.05) is 12.1 Å². The molecule has 7 nitrogen and oxygen atoms in total. The first-order valence-corrected chi connectivity index (χ1v) is 8.80. The average molecular weight is 368 g/mol. The second-order valence-electron chi connectivity index (χ2n) is 6.60. The van der Waals surface area contributed by atoms with E-state index < -0.39 is 0 Å². The van der Waals surface area contributed by atoms with E-state index in [9.17, 15) is 4.79 Å². The second-order valence-corrected chi connectivity index (χ2v) is 6.60. The number of anilines is 1. The number of nitrogens with one attached hydrogen (secondary N) is 2. The fourth-order valence-corrected chi connectivity index (χ4v) is 3.20. The lowest BCUT2D eigenvalue weighted by atomic mass is 10.1. The number of H-pyrrole nitrogens is 1. The first-order chi connectivity index (χ1) is 13.7. The summed E-state index contributed by atoms with van der Waals surface area (Å²) in [6, 6.07) is 13.4. The van der Waals surface area contributed by atoms with Crippen molar-refractivity contribution in [3.63, 3.8) is 0 Å². The summed E-state index contributed by atoms with van der Waals surface area (Å²) in [4.78, 5) is 24.5. The first kappa shape index (κ1) is 16.2. The summed E-state index contributed by atoms with van der Waals surface area (Å²) >= 11 is 0. The molecule has 0 radical (unpaired) electrons. The zero-order valence-electron chi connectivity index (χ0n) is 15.0. The van der Waals surface area contributed by atoms with Crippen molar-refractivity contribution in [2.24, 2.45) is 7.05 Å². The number of aromatic amines is 1. The maximum Gasteiger partial charge on any atom is 0.258 e. The van der Waals surface area contributed by atoms with E-state index in [1.807, 2.05) is 62.0 Å². The molecule has 0 spiro atoms. The molecular weight excluding hydrogens is 352 g/mol. The largest absolute Gasteiger partial charge is 0.361 e. The van der Waals surface area contributed by atoms with Crippen LogP contribution in [0.4, 0.5) is 5.95 Å². The maximum atomic E-state index is 12.6. The summed E-state index contributed by atoms with van der Waals surface area (Å²) in [5.41, 5.74) is 4.32. The number of carbonyl (C=O) groups is 1. The molecule has 0 fully saturated rings. The fraction of sp³-hybridized carbons (Fsp3) is 0.0476. The van der Waals surface area contributed by atoms with E-state index in [2.05, 4.69) is 25.4 Å². The lowest BCUT2D eigenvalue weighted by molar-refractivity contribution is 0.102. The normalized spacial score (nSPS) is 11.2. The number of rotatable bonds is 3. The predicted molar refractivity (Wildman–Crippen MR) is 108 cm³/mol. The predicted octanol–water partition coefficient (Wildman–Crippen LogP) is 3.76. The number of aromatic nitrogens is 5. The third kappa shape index (κ3) is 2.88.